The van der Waals surface area contributed by atoms with Crippen molar-refractivity contribution in [3.05, 3.63) is 45.5 Å². The third-order valence-electron chi connectivity index (χ3n) is 2.37. The third kappa shape index (κ3) is 2.45. The molecule has 2 rings (SSSR count). The van der Waals surface area contributed by atoms with Crippen LogP contribution < -0.4 is 0 Å². The highest BCUT2D eigenvalue weighted by atomic mass is 79.9. The monoisotopic (exact) mass is 266 g/mol. The molecule has 0 fully saturated rings. The second-order valence-corrected chi connectivity index (χ2v) is 4.26. The molecule has 0 radical (unpaired) electrons. The Hall–Kier alpha value is -1.16. The predicted molar refractivity (Wildman–Crippen MR) is 60.7 cm³/mol. The minimum atomic E-state index is 0.501. The molecule has 0 N–H and O–H groups in total. The van der Waals surface area contributed by atoms with Crippen LogP contribution in [0.3, 0.4) is 0 Å². The van der Waals surface area contributed by atoms with E-state index < -0.39 is 0 Å². The summed E-state index contributed by atoms with van der Waals surface area (Å²) in [7, 11) is 0. The first-order valence-electron chi connectivity index (χ1n) is 4.69. The van der Waals surface area contributed by atoms with Gasteiger partial charge in [-0.1, -0.05) is 18.2 Å². The highest BCUT2D eigenvalue weighted by Gasteiger charge is 2.05. The molecule has 0 saturated heterocycles. The first-order valence-corrected chi connectivity index (χ1v) is 5.48. The molecule has 1 aromatic heterocycles. The second-order valence-electron chi connectivity index (χ2n) is 3.55. The standard InChI is InChI=1S/C11H11BrN2O/c1-7-3-4-9(5-8(7)2)6-10-13-11(12)14-15-10/h3-5H,6H2,1-2H3. The second kappa shape index (κ2) is 4.14. The van der Waals surface area contributed by atoms with Gasteiger partial charge in [0.2, 0.25) is 10.6 Å². The number of benzene rings is 1. The van der Waals surface area contributed by atoms with E-state index in [-0.39, 0.29) is 0 Å². The van der Waals surface area contributed by atoms with Crippen molar-refractivity contribution in [1.29, 1.82) is 0 Å². The number of hydrogen-bond donors (Lipinski definition) is 0. The molecule has 15 heavy (non-hydrogen) atoms. The summed E-state index contributed by atoms with van der Waals surface area (Å²) in [5.41, 5.74) is 3.77. The Labute approximate surface area is 96.6 Å². The van der Waals surface area contributed by atoms with Gasteiger partial charge in [0, 0.05) is 0 Å². The minimum absolute atomic E-state index is 0.501. The lowest BCUT2D eigenvalue weighted by molar-refractivity contribution is 0.381. The quantitative estimate of drug-likeness (QED) is 0.839. The van der Waals surface area contributed by atoms with E-state index in [1.165, 1.54) is 16.7 Å². The molecule has 4 heteroatoms. The average molecular weight is 267 g/mol. The maximum atomic E-state index is 5.03. The fourth-order valence-corrected chi connectivity index (χ4v) is 1.66. The van der Waals surface area contributed by atoms with Crippen LogP contribution in [0.5, 0.6) is 0 Å². The number of halogens is 1. The van der Waals surface area contributed by atoms with Crippen molar-refractivity contribution in [2.75, 3.05) is 0 Å². The van der Waals surface area contributed by atoms with E-state index >= 15 is 0 Å². The molecule has 1 heterocycles. The summed E-state index contributed by atoms with van der Waals surface area (Å²) >= 11 is 3.16. The van der Waals surface area contributed by atoms with Crippen molar-refractivity contribution < 1.29 is 4.52 Å². The summed E-state index contributed by atoms with van der Waals surface area (Å²) in [5.74, 6) is 0.630. The fraction of sp³-hybridized carbons (Fsp3) is 0.273. The molecule has 2 aromatic rings. The summed E-state index contributed by atoms with van der Waals surface area (Å²) in [6.45, 7) is 4.20. The Bertz CT molecular complexity index is 479. The van der Waals surface area contributed by atoms with Crippen LogP contribution in [0.2, 0.25) is 0 Å². The Kier molecular flexibility index (Phi) is 2.86. The molecule has 0 bridgehead atoms. The first-order chi connectivity index (χ1) is 7.15. The molecule has 0 aliphatic rings. The van der Waals surface area contributed by atoms with Crippen LogP contribution in [0.15, 0.2) is 27.5 Å². The predicted octanol–water partition coefficient (Wildman–Crippen LogP) is 3.04. The molecular weight excluding hydrogens is 256 g/mol. The van der Waals surface area contributed by atoms with E-state index in [0.717, 1.165) is 0 Å². The first kappa shape index (κ1) is 10.4. The van der Waals surface area contributed by atoms with E-state index in [1.54, 1.807) is 0 Å². The van der Waals surface area contributed by atoms with Gasteiger partial charge >= 0.3 is 0 Å². The van der Waals surface area contributed by atoms with Crippen LogP contribution in [0.4, 0.5) is 0 Å². The van der Waals surface area contributed by atoms with Crippen LogP contribution in [0, 0.1) is 13.8 Å². The van der Waals surface area contributed by atoms with Crippen molar-refractivity contribution in [3.8, 4) is 0 Å². The highest BCUT2D eigenvalue weighted by Crippen LogP contribution is 2.14. The van der Waals surface area contributed by atoms with Gasteiger partial charge in [-0.05, 0) is 51.6 Å². The van der Waals surface area contributed by atoms with Crippen LogP contribution in [0.1, 0.15) is 22.6 Å². The van der Waals surface area contributed by atoms with Gasteiger partial charge in [0.1, 0.15) is 0 Å². The molecule has 1 aromatic carbocycles. The average Bonchev–Trinajstić information content (AvgIpc) is 2.58. The Morgan fingerprint density at radius 2 is 2.07 bits per heavy atom. The zero-order valence-corrected chi connectivity index (χ0v) is 10.2. The van der Waals surface area contributed by atoms with Crippen LogP contribution in [-0.2, 0) is 6.42 Å². The summed E-state index contributed by atoms with van der Waals surface area (Å²) in [6.07, 6.45) is 0.680. The zero-order valence-electron chi connectivity index (χ0n) is 8.62. The number of aryl methyl sites for hydroxylation is 2. The molecule has 0 atom stereocenters. The molecular formula is C11H11BrN2O. The van der Waals surface area contributed by atoms with Gasteiger partial charge in [-0.15, -0.1) is 0 Å². The SMILES string of the molecule is Cc1ccc(Cc2nc(Br)no2)cc1C. The fourth-order valence-electron chi connectivity index (χ4n) is 1.39. The summed E-state index contributed by atoms with van der Waals surface area (Å²) in [5, 5.41) is 3.68. The maximum absolute atomic E-state index is 5.03. The van der Waals surface area contributed by atoms with Gasteiger partial charge in [-0.3, -0.25) is 0 Å². The van der Waals surface area contributed by atoms with Gasteiger partial charge in [-0.25, -0.2) is 0 Å². The lowest BCUT2D eigenvalue weighted by atomic mass is 10.0. The van der Waals surface area contributed by atoms with Crippen molar-refractivity contribution in [1.82, 2.24) is 10.1 Å². The van der Waals surface area contributed by atoms with Crippen molar-refractivity contribution in [3.63, 3.8) is 0 Å². The van der Waals surface area contributed by atoms with Gasteiger partial charge in [-0.2, -0.15) is 4.98 Å². The lowest BCUT2D eigenvalue weighted by Gasteiger charge is -2.02. The number of nitrogens with zero attached hydrogens (tertiary/aromatic N) is 2. The third-order valence-corrected chi connectivity index (χ3v) is 2.69. The maximum Gasteiger partial charge on any atom is 0.238 e. The van der Waals surface area contributed by atoms with Gasteiger partial charge < -0.3 is 4.52 Å². The van der Waals surface area contributed by atoms with Gasteiger partial charge in [0.25, 0.3) is 0 Å². The molecule has 78 valence electrons. The normalized spacial score (nSPS) is 10.6. The number of hydrogen-bond acceptors (Lipinski definition) is 3. The smallest absolute Gasteiger partial charge is 0.238 e. The molecule has 0 spiro atoms. The van der Waals surface area contributed by atoms with Gasteiger partial charge in [0.15, 0.2) is 0 Å². The topological polar surface area (TPSA) is 38.9 Å². The van der Waals surface area contributed by atoms with Crippen LogP contribution >= 0.6 is 15.9 Å². The minimum Gasteiger partial charge on any atom is -0.338 e. The molecule has 0 aliphatic carbocycles. The Morgan fingerprint density at radius 1 is 1.27 bits per heavy atom. The van der Waals surface area contributed by atoms with Gasteiger partial charge in [0.05, 0.1) is 6.42 Å². The lowest BCUT2D eigenvalue weighted by Crippen LogP contribution is -1.90. The summed E-state index contributed by atoms with van der Waals surface area (Å²) in [4.78, 5) is 4.10. The Balaban J connectivity index is 2.21. The molecule has 3 nitrogen and oxygen atoms in total. The number of aromatic nitrogens is 2. The van der Waals surface area contributed by atoms with E-state index in [2.05, 4.69) is 58.1 Å². The van der Waals surface area contributed by atoms with Crippen LogP contribution in [0.25, 0.3) is 0 Å². The molecule has 0 aliphatic heterocycles. The van der Waals surface area contributed by atoms with E-state index in [1.807, 2.05) is 0 Å². The van der Waals surface area contributed by atoms with E-state index in [9.17, 15) is 0 Å². The summed E-state index contributed by atoms with van der Waals surface area (Å²) in [6, 6.07) is 6.34. The van der Waals surface area contributed by atoms with E-state index in [0.29, 0.717) is 17.0 Å². The summed E-state index contributed by atoms with van der Waals surface area (Å²) < 4.78 is 5.53. The van der Waals surface area contributed by atoms with Crippen molar-refractivity contribution in [2.24, 2.45) is 0 Å². The molecule has 0 amide bonds. The number of rotatable bonds is 2. The van der Waals surface area contributed by atoms with E-state index in [4.69, 9.17) is 4.52 Å². The zero-order chi connectivity index (χ0) is 10.8. The largest absolute Gasteiger partial charge is 0.338 e. The molecule has 0 unspecified atom stereocenters. The highest BCUT2D eigenvalue weighted by molar-refractivity contribution is 9.10. The van der Waals surface area contributed by atoms with Crippen LogP contribution in [-0.4, -0.2) is 10.1 Å². The molecule has 0 saturated carbocycles. The van der Waals surface area contributed by atoms with Crippen molar-refractivity contribution >= 4 is 15.9 Å². The van der Waals surface area contributed by atoms with Crippen molar-refractivity contribution in [2.45, 2.75) is 20.3 Å². The Morgan fingerprint density at radius 3 is 2.67 bits per heavy atom.